The number of aliphatic hydroxyl groups is 1. The number of aliphatic hydroxyl groups excluding tert-OH is 1. The van der Waals surface area contributed by atoms with Crippen molar-refractivity contribution in [3.8, 4) is 0 Å². The number of benzene rings is 1. The average molecular weight is 407 g/mol. The van der Waals surface area contributed by atoms with Crippen LogP contribution in [-0.4, -0.2) is 53.1 Å². The zero-order chi connectivity index (χ0) is 20.5. The number of likely N-dealkylation sites (tertiary alicyclic amines) is 1. The zero-order valence-electron chi connectivity index (χ0n) is 17.9. The smallest absolute Gasteiger partial charge is 0.225 e. The Morgan fingerprint density at radius 2 is 1.87 bits per heavy atom. The summed E-state index contributed by atoms with van der Waals surface area (Å²) in [6.07, 6.45) is 14.3. The van der Waals surface area contributed by atoms with Crippen molar-refractivity contribution in [2.45, 2.75) is 57.5 Å². The number of fused-ring (bicyclic) bond motifs is 1. The molecule has 1 aromatic carbocycles. The predicted octanol–water partition coefficient (Wildman–Crippen LogP) is 3.48. The topological polar surface area (TPSA) is 43.8 Å². The van der Waals surface area contributed by atoms with Crippen LogP contribution in [0.4, 0.5) is 0 Å². The van der Waals surface area contributed by atoms with E-state index in [-0.39, 0.29) is 17.9 Å². The Morgan fingerprint density at radius 3 is 2.57 bits per heavy atom. The van der Waals surface area contributed by atoms with E-state index in [2.05, 4.69) is 41.3 Å². The molecule has 0 radical (unpaired) electrons. The van der Waals surface area contributed by atoms with E-state index >= 15 is 0 Å². The number of carbonyl (C=O) groups excluding carboxylic acids is 1. The van der Waals surface area contributed by atoms with Gasteiger partial charge in [0.2, 0.25) is 5.91 Å². The van der Waals surface area contributed by atoms with Crippen molar-refractivity contribution in [1.82, 2.24) is 9.80 Å². The Kier molecular flexibility index (Phi) is 5.68. The fourth-order valence-corrected chi connectivity index (χ4v) is 5.40. The van der Waals surface area contributed by atoms with Crippen molar-refractivity contribution in [2.75, 3.05) is 26.2 Å². The molecule has 1 aromatic rings. The predicted molar refractivity (Wildman–Crippen MR) is 119 cm³/mol. The first-order chi connectivity index (χ1) is 14.7. The van der Waals surface area contributed by atoms with Crippen LogP contribution in [0.3, 0.4) is 0 Å². The van der Waals surface area contributed by atoms with Gasteiger partial charge in [-0.2, -0.15) is 0 Å². The molecule has 160 valence electrons. The third-order valence-corrected chi connectivity index (χ3v) is 7.68. The molecule has 4 nitrogen and oxygen atoms in total. The molecule has 30 heavy (non-hydrogen) atoms. The summed E-state index contributed by atoms with van der Waals surface area (Å²) in [5, 5.41) is 11.0. The summed E-state index contributed by atoms with van der Waals surface area (Å²) in [6.45, 7) is 3.76. The number of amides is 1. The van der Waals surface area contributed by atoms with Crippen LogP contribution in [-0.2, 0) is 24.1 Å². The van der Waals surface area contributed by atoms with Gasteiger partial charge in [-0.05, 0) is 73.8 Å². The van der Waals surface area contributed by atoms with Crippen molar-refractivity contribution >= 4 is 5.91 Å². The first-order valence-corrected chi connectivity index (χ1v) is 11.9. The first-order valence-electron chi connectivity index (χ1n) is 11.9. The van der Waals surface area contributed by atoms with Crippen LogP contribution in [0.2, 0.25) is 0 Å². The van der Waals surface area contributed by atoms with Gasteiger partial charge in [0.15, 0.2) is 0 Å². The molecule has 1 N–H and O–H groups in total. The molecule has 4 heteroatoms. The fourth-order valence-electron chi connectivity index (χ4n) is 5.40. The lowest BCUT2D eigenvalue weighted by Crippen LogP contribution is -2.47. The highest BCUT2D eigenvalue weighted by molar-refractivity contribution is 5.79. The summed E-state index contributed by atoms with van der Waals surface area (Å²) in [6, 6.07) is 6.81. The Morgan fingerprint density at radius 1 is 1.07 bits per heavy atom. The van der Waals surface area contributed by atoms with Gasteiger partial charge in [0.25, 0.3) is 0 Å². The second kappa shape index (κ2) is 8.58. The van der Waals surface area contributed by atoms with Crippen LogP contribution in [0.5, 0.6) is 0 Å². The molecule has 5 rings (SSSR count). The van der Waals surface area contributed by atoms with Crippen LogP contribution in [0, 0.1) is 11.8 Å². The van der Waals surface area contributed by atoms with Gasteiger partial charge in [0.05, 0.1) is 6.10 Å². The molecule has 0 aromatic heterocycles. The van der Waals surface area contributed by atoms with Crippen LogP contribution in [0.25, 0.3) is 0 Å². The summed E-state index contributed by atoms with van der Waals surface area (Å²) >= 11 is 0. The van der Waals surface area contributed by atoms with E-state index < -0.39 is 0 Å². The van der Waals surface area contributed by atoms with E-state index in [1.807, 2.05) is 4.90 Å². The standard InChI is InChI=1S/C26H34N2O2/c29-25(23-6-3-13-28(18-23)26(30)21-4-1-5-21)17-19-9-10-20-11-14-27(24-7-2-8-24)15-12-22(20)16-19/h2,7-10,16,21,23,25,29H,1,3-6,11-15,17-18H2. The van der Waals surface area contributed by atoms with Gasteiger partial charge in [-0.1, -0.05) is 30.7 Å². The number of rotatable bonds is 5. The van der Waals surface area contributed by atoms with E-state index in [1.165, 1.54) is 28.8 Å². The van der Waals surface area contributed by atoms with E-state index in [0.717, 1.165) is 64.7 Å². The molecule has 1 saturated carbocycles. The first kappa shape index (κ1) is 19.9. The zero-order valence-corrected chi connectivity index (χ0v) is 17.9. The second-order valence-corrected chi connectivity index (χ2v) is 9.63. The highest BCUT2D eigenvalue weighted by Crippen LogP contribution is 2.31. The number of allylic oxidation sites excluding steroid dienone is 3. The van der Waals surface area contributed by atoms with Gasteiger partial charge >= 0.3 is 0 Å². The van der Waals surface area contributed by atoms with Crippen LogP contribution in [0.1, 0.15) is 48.8 Å². The maximum Gasteiger partial charge on any atom is 0.225 e. The molecule has 1 amide bonds. The molecule has 2 atom stereocenters. The molecule has 2 aliphatic carbocycles. The van der Waals surface area contributed by atoms with Crippen molar-refractivity contribution in [1.29, 1.82) is 0 Å². The summed E-state index contributed by atoms with van der Waals surface area (Å²) < 4.78 is 0. The minimum atomic E-state index is -0.368. The van der Waals surface area contributed by atoms with E-state index in [9.17, 15) is 9.90 Å². The summed E-state index contributed by atoms with van der Waals surface area (Å²) in [7, 11) is 0. The second-order valence-electron chi connectivity index (χ2n) is 9.63. The van der Waals surface area contributed by atoms with Crippen LogP contribution < -0.4 is 0 Å². The van der Waals surface area contributed by atoms with Crippen molar-refractivity contribution < 1.29 is 9.90 Å². The minimum Gasteiger partial charge on any atom is -0.392 e. The maximum absolute atomic E-state index is 12.6. The molecule has 0 spiro atoms. The van der Waals surface area contributed by atoms with Crippen LogP contribution in [0.15, 0.2) is 42.1 Å². The normalized spacial score (nSPS) is 25.0. The lowest BCUT2D eigenvalue weighted by Gasteiger charge is -2.38. The van der Waals surface area contributed by atoms with Crippen molar-refractivity contribution in [3.05, 3.63) is 58.8 Å². The SMILES string of the molecule is O=C(C1CCC1)N1CCCC(C(O)Cc2ccc3c(c2)CCN(C2=CC=C2)CC3)C1. The molecule has 4 aliphatic rings. The number of nitrogens with zero attached hydrogens (tertiary/aromatic N) is 2. The van der Waals surface area contributed by atoms with Crippen LogP contribution >= 0.6 is 0 Å². The van der Waals surface area contributed by atoms with Gasteiger partial charge in [-0.15, -0.1) is 0 Å². The molecule has 2 aliphatic heterocycles. The lowest BCUT2D eigenvalue weighted by molar-refractivity contribution is -0.140. The van der Waals surface area contributed by atoms with Gasteiger partial charge in [-0.25, -0.2) is 0 Å². The highest BCUT2D eigenvalue weighted by Gasteiger charge is 2.34. The Balaban J connectivity index is 1.19. The summed E-state index contributed by atoms with van der Waals surface area (Å²) in [5.41, 5.74) is 5.49. The summed E-state index contributed by atoms with van der Waals surface area (Å²) in [5.74, 6) is 0.801. The monoisotopic (exact) mass is 406 g/mol. The number of piperidine rings is 1. The quantitative estimate of drug-likeness (QED) is 0.814. The molecule has 2 heterocycles. The Bertz CT molecular complexity index is 855. The maximum atomic E-state index is 12.6. The third kappa shape index (κ3) is 4.07. The van der Waals surface area contributed by atoms with E-state index in [4.69, 9.17) is 0 Å². The molecule has 0 bridgehead atoms. The van der Waals surface area contributed by atoms with Gasteiger partial charge < -0.3 is 14.9 Å². The molecule has 2 fully saturated rings. The van der Waals surface area contributed by atoms with Gasteiger partial charge in [-0.3, -0.25) is 4.79 Å². The minimum absolute atomic E-state index is 0.203. The van der Waals surface area contributed by atoms with E-state index in [0.29, 0.717) is 12.3 Å². The highest BCUT2D eigenvalue weighted by atomic mass is 16.3. The number of carbonyl (C=O) groups is 1. The van der Waals surface area contributed by atoms with E-state index in [1.54, 1.807) is 0 Å². The van der Waals surface area contributed by atoms with Gasteiger partial charge in [0.1, 0.15) is 0 Å². The number of hydrogen-bond acceptors (Lipinski definition) is 3. The average Bonchev–Trinajstić information content (AvgIpc) is 2.88. The lowest BCUT2D eigenvalue weighted by atomic mass is 9.82. The Hall–Kier alpha value is -2.07. The molecular formula is C26H34N2O2. The molecule has 1 saturated heterocycles. The summed E-state index contributed by atoms with van der Waals surface area (Å²) in [4.78, 5) is 17.1. The van der Waals surface area contributed by atoms with Crippen molar-refractivity contribution in [2.24, 2.45) is 11.8 Å². The Labute approximate surface area is 180 Å². The molecule has 2 unspecified atom stereocenters. The largest absolute Gasteiger partial charge is 0.392 e. The number of hydrogen-bond donors (Lipinski definition) is 1. The van der Waals surface area contributed by atoms with Gasteiger partial charge in [0, 0.05) is 43.7 Å². The van der Waals surface area contributed by atoms with Crippen molar-refractivity contribution in [3.63, 3.8) is 0 Å². The third-order valence-electron chi connectivity index (χ3n) is 7.68. The molecular weight excluding hydrogens is 372 g/mol. The fraction of sp³-hybridized carbons (Fsp3) is 0.577.